The van der Waals surface area contributed by atoms with Crippen molar-refractivity contribution in [2.75, 3.05) is 6.26 Å². The molecule has 210 valence electrons. The van der Waals surface area contributed by atoms with Gasteiger partial charge in [0, 0.05) is 22.6 Å². The van der Waals surface area contributed by atoms with E-state index in [1.165, 1.54) is 28.0 Å². The lowest BCUT2D eigenvalue weighted by Gasteiger charge is -2.25. The van der Waals surface area contributed by atoms with Crippen molar-refractivity contribution in [2.24, 2.45) is 4.99 Å². The fourth-order valence-corrected chi connectivity index (χ4v) is 6.10. The standard InChI is InChI=1S/C29H24ClN3O6S2/c1-15(2)38-28(35)25-16(3)31-29-32(26(25)17-5-9-20(40-4)10-6-17)27(34)24(41-29)14-19-8-12-23(39-19)18-7-11-21(30)22(13-18)33(36)37/h5-15,26H,1-4H3/b24-14-/t26-/m1/s1. The zero-order valence-electron chi connectivity index (χ0n) is 22.4. The number of esters is 1. The number of nitro benzene ring substituents is 1. The molecule has 4 aromatic rings. The lowest BCUT2D eigenvalue weighted by molar-refractivity contribution is -0.384. The Morgan fingerprint density at radius 2 is 1.95 bits per heavy atom. The Morgan fingerprint density at radius 3 is 2.61 bits per heavy atom. The SMILES string of the molecule is CSc1ccc([C@@H]2C(C(=O)OC(C)C)=C(C)N=c3s/c(=C\c4ccc(-c5ccc(Cl)c([N+](=O)[O-])c5)o4)c(=O)n32)cc1. The summed E-state index contributed by atoms with van der Waals surface area (Å²) in [5.41, 5.74) is 1.44. The van der Waals surface area contributed by atoms with E-state index in [0.29, 0.717) is 37.7 Å². The minimum absolute atomic E-state index is 0.0243. The van der Waals surface area contributed by atoms with Crippen molar-refractivity contribution in [1.82, 2.24) is 4.57 Å². The summed E-state index contributed by atoms with van der Waals surface area (Å²) >= 11 is 8.71. The van der Waals surface area contributed by atoms with Gasteiger partial charge in [0.25, 0.3) is 11.2 Å². The predicted octanol–water partition coefficient (Wildman–Crippen LogP) is 5.73. The average Bonchev–Trinajstić information content (AvgIpc) is 3.52. The monoisotopic (exact) mass is 609 g/mol. The maximum atomic E-state index is 13.8. The molecule has 9 nitrogen and oxygen atoms in total. The number of thiazole rings is 1. The average molecular weight is 610 g/mol. The molecule has 0 saturated carbocycles. The Bertz CT molecular complexity index is 1890. The van der Waals surface area contributed by atoms with E-state index >= 15 is 0 Å². The van der Waals surface area contributed by atoms with Crippen LogP contribution in [-0.2, 0) is 9.53 Å². The largest absolute Gasteiger partial charge is 0.459 e. The molecule has 0 unspecified atom stereocenters. The zero-order chi connectivity index (χ0) is 29.4. The summed E-state index contributed by atoms with van der Waals surface area (Å²) in [7, 11) is 0. The van der Waals surface area contributed by atoms with Gasteiger partial charge in [-0.05, 0) is 69.0 Å². The second-order valence-electron chi connectivity index (χ2n) is 9.43. The number of halogens is 1. The molecule has 1 atom stereocenters. The minimum Gasteiger partial charge on any atom is -0.459 e. The molecule has 0 aliphatic carbocycles. The summed E-state index contributed by atoms with van der Waals surface area (Å²) in [6, 6.07) is 14.7. The van der Waals surface area contributed by atoms with Gasteiger partial charge in [0.15, 0.2) is 4.80 Å². The molecule has 0 bridgehead atoms. The van der Waals surface area contributed by atoms with Crippen LogP contribution in [0.15, 0.2) is 85.0 Å². The normalized spacial score (nSPS) is 15.2. The molecule has 5 rings (SSSR count). The van der Waals surface area contributed by atoms with E-state index in [-0.39, 0.29) is 22.4 Å². The summed E-state index contributed by atoms with van der Waals surface area (Å²) in [5.74, 6) is 0.228. The van der Waals surface area contributed by atoms with Crippen LogP contribution in [-0.4, -0.2) is 27.8 Å². The van der Waals surface area contributed by atoms with Crippen molar-refractivity contribution in [3.05, 3.63) is 112 Å². The number of furan rings is 1. The summed E-state index contributed by atoms with van der Waals surface area (Å²) in [6.07, 6.45) is 3.22. The first kappa shape index (κ1) is 28.6. The summed E-state index contributed by atoms with van der Waals surface area (Å²) < 4.78 is 13.3. The highest BCUT2D eigenvalue weighted by Gasteiger charge is 2.33. The van der Waals surface area contributed by atoms with E-state index in [2.05, 4.69) is 4.99 Å². The highest BCUT2D eigenvalue weighted by molar-refractivity contribution is 7.98. The number of thioether (sulfide) groups is 1. The number of carbonyl (C=O) groups excluding carboxylic acids is 1. The number of aromatic nitrogens is 1. The van der Waals surface area contributed by atoms with Crippen LogP contribution in [0, 0.1) is 10.1 Å². The molecule has 0 fully saturated rings. The van der Waals surface area contributed by atoms with Crippen LogP contribution < -0.4 is 14.9 Å². The molecular weight excluding hydrogens is 586 g/mol. The molecular formula is C29H24ClN3O6S2. The quantitative estimate of drug-likeness (QED) is 0.114. The van der Waals surface area contributed by atoms with Crippen LogP contribution in [0.3, 0.4) is 0 Å². The second kappa shape index (κ2) is 11.5. The van der Waals surface area contributed by atoms with Crippen molar-refractivity contribution in [3.63, 3.8) is 0 Å². The maximum Gasteiger partial charge on any atom is 0.338 e. The van der Waals surface area contributed by atoms with Gasteiger partial charge in [0.05, 0.1) is 32.9 Å². The molecule has 1 aliphatic heterocycles. The number of allylic oxidation sites excluding steroid dienone is 1. The van der Waals surface area contributed by atoms with Gasteiger partial charge in [-0.2, -0.15) is 0 Å². The second-order valence-corrected chi connectivity index (χ2v) is 11.7. The number of hydrogen-bond donors (Lipinski definition) is 0. The van der Waals surface area contributed by atoms with Crippen LogP contribution in [0.5, 0.6) is 0 Å². The van der Waals surface area contributed by atoms with Gasteiger partial charge in [-0.15, -0.1) is 11.8 Å². The third-order valence-corrected chi connectivity index (χ3v) is 8.39. The minimum atomic E-state index is -0.725. The number of hydrogen-bond acceptors (Lipinski definition) is 9. The topological polar surface area (TPSA) is 117 Å². The van der Waals surface area contributed by atoms with E-state index < -0.39 is 16.9 Å². The fraction of sp³-hybridized carbons (Fsp3) is 0.207. The number of fused-ring (bicyclic) bond motifs is 1. The molecule has 0 saturated heterocycles. The first-order valence-corrected chi connectivity index (χ1v) is 14.9. The zero-order valence-corrected chi connectivity index (χ0v) is 24.8. The molecule has 41 heavy (non-hydrogen) atoms. The predicted molar refractivity (Wildman–Crippen MR) is 159 cm³/mol. The van der Waals surface area contributed by atoms with Gasteiger partial charge in [0.1, 0.15) is 16.5 Å². The number of ether oxygens (including phenoxy) is 1. The van der Waals surface area contributed by atoms with Crippen molar-refractivity contribution in [2.45, 2.75) is 37.8 Å². The van der Waals surface area contributed by atoms with Gasteiger partial charge < -0.3 is 9.15 Å². The Labute approximate surface area is 247 Å². The number of rotatable bonds is 7. The Morgan fingerprint density at radius 1 is 1.22 bits per heavy atom. The molecule has 0 N–H and O–H groups in total. The molecule has 2 aromatic heterocycles. The van der Waals surface area contributed by atoms with E-state index in [4.69, 9.17) is 20.8 Å². The van der Waals surface area contributed by atoms with Gasteiger partial charge >= 0.3 is 5.97 Å². The van der Waals surface area contributed by atoms with Gasteiger partial charge in [0.2, 0.25) is 0 Å². The van der Waals surface area contributed by atoms with Crippen LogP contribution >= 0.6 is 34.7 Å². The smallest absolute Gasteiger partial charge is 0.338 e. The molecule has 0 amide bonds. The van der Waals surface area contributed by atoms with Crippen LogP contribution in [0.4, 0.5) is 5.69 Å². The summed E-state index contributed by atoms with van der Waals surface area (Å²) in [5, 5.41) is 11.3. The van der Waals surface area contributed by atoms with E-state index in [1.807, 2.05) is 30.5 Å². The van der Waals surface area contributed by atoms with Crippen LogP contribution in [0.2, 0.25) is 5.02 Å². The number of nitrogens with zero attached hydrogens (tertiary/aromatic N) is 3. The molecule has 3 heterocycles. The first-order valence-electron chi connectivity index (χ1n) is 12.5. The van der Waals surface area contributed by atoms with Crippen molar-refractivity contribution in [1.29, 1.82) is 0 Å². The Kier molecular flexibility index (Phi) is 8.03. The van der Waals surface area contributed by atoms with Gasteiger partial charge in [-0.25, -0.2) is 9.79 Å². The van der Waals surface area contributed by atoms with Crippen molar-refractivity contribution in [3.8, 4) is 11.3 Å². The lowest BCUT2D eigenvalue weighted by Crippen LogP contribution is -2.40. The van der Waals surface area contributed by atoms with E-state index in [9.17, 15) is 19.7 Å². The highest BCUT2D eigenvalue weighted by atomic mass is 35.5. The molecule has 0 spiro atoms. The van der Waals surface area contributed by atoms with Crippen molar-refractivity contribution < 1.29 is 18.9 Å². The third-order valence-electron chi connectivity index (χ3n) is 6.34. The summed E-state index contributed by atoms with van der Waals surface area (Å²) in [4.78, 5) is 43.9. The summed E-state index contributed by atoms with van der Waals surface area (Å²) in [6.45, 7) is 5.28. The lowest BCUT2D eigenvalue weighted by atomic mass is 9.96. The van der Waals surface area contributed by atoms with Gasteiger partial charge in [-0.1, -0.05) is 35.1 Å². The van der Waals surface area contributed by atoms with Crippen LogP contribution in [0.1, 0.15) is 38.1 Å². The third kappa shape index (κ3) is 5.65. The Balaban J connectivity index is 1.61. The van der Waals surface area contributed by atoms with E-state index in [0.717, 1.165) is 10.5 Å². The number of nitro groups is 1. The number of carbonyl (C=O) groups is 1. The van der Waals surface area contributed by atoms with Gasteiger partial charge in [-0.3, -0.25) is 19.5 Å². The van der Waals surface area contributed by atoms with Crippen molar-refractivity contribution >= 4 is 52.4 Å². The molecule has 1 aliphatic rings. The van der Waals surface area contributed by atoms with E-state index in [1.54, 1.807) is 56.8 Å². The molecule has 2 aromatic carbocycles. The number of benzene rings is 2. The molecule has 12 heteroatoms. The Hall–Kier alpha value is -3.93. The molecule has 0 radical (unpaired) electrons. The maximum absolute atomic E-state index is 13.8. The highest BCUT2D eigenvalue weighted by Crippen LogP contribution is 2.33. The van der Waals surface area contributed by atoms with Crippen LogP contribution in [0.25, 0.3) is 17.4 Å². The first-order chi connectivity index (χ1) is 19.6. The fourth-order valence-electron chi connectivity index (χ4n) is 4.48.